The summed E-state index contributed by atoms with van der Waals surface area (Å²) in [5, 5.41) is 1.29. The highest BCUT2D eigenvalue weighted by molar-refractivity contribution is 7.98. The van der Waals surface area contributed by atoms with E-state index in [0.717, 1.165) is 16.2 Å². The summed E-state index contributed by atoms with van der Waals surface area (Å²) in [7, 11) is 0. The summed E-state index contributed by atoms with van der Waals surface area (Å²) >= 11 is 13.8. The fourth-order valence-corrected chi connectivity index (χ4v) is 3.18. The first kappa shape index (κ1) is 14.3. The van der Waals surface area contributed by atoms with Crippen molar-refractivity contribution in [3.63, 3.8) is 0 Å². The molecule has 0 aliphatic rings. The average Bonchev–Trinajstić information content (AvgIpc) is 2.38. The number of hydrogen-bond donors (Lipinski definition) is 1. The molecule has 0 aliphatic carbocycles. The third kappa shape index (κ3) is 3.66. The minimum Gasteiger partial charge on any atom is -0.366 e. The molecule has 0 saturated carbocycles. The predicted octanol–water partition coefficient (Wildman–Crippen LogP) is 4.38. The number of hydrogen-bond acceptors (Lipinski definition) is 2. The Labute approximate surface area is 125 Å². The Balaban J connectivity index is 2.08. The zero-order valence-corrected chi connectivity index (χ0v) is 12.2. The molecule has 0 spiro atoms. The van der Waals surface area contributed by atoms with Gasteiger partial charge in [0.2, 0.25) is 5.91 Å². The van der Waals surface area contributed by atoms with Gasteiger partial charge < -0.3 is 5.73 Å². The van der Waals surface area contributed by atoms with Crippen LogP contribution in [0.2, 0.25) is 10.0 Å². The van der Waals surface area contributed by atoms with Crippen LogP contribution < -0.4 is 5.73 Å². The van der Waals surface area contributed by atoms with Crippen molar-refractivity contribution in [2.45, 2.75) is 10.6 Å². The van der Waals surface area contributed by atoms with Gasteiger partial charge >= 0.3 is 0 Å². The van der Waals surface area contributed by atoms with Crippen LogP contribution >= 0.6 is 35.0 Å². The summed E-state index contributed by atoms with van der Waals surface area (Å²) < 4.78 is 0. The van der Waals surface area contributed by atoms with Gasteiger partial charge in [0.25, 0.3) is 0 Å². The normalized spacial score (nSPS) is 10.4. The number of benzene rings is 2. The van der Waals surface area contributed by atoms with E-state index in [0.29, 0.717) is 15.6 Å². The quantitative estimate of drug-likeness (QED) is 0.851. The molecule has 0 aliphatic heterocycles. The van der Waals surface area contributed by atoms with Gasteiger partial charge in [-0.05, 0) is 29.8 Å². The molecule has 1 amide bonds. The molecule has 2 nitrogen and oxygen atoms in total. The van der Waals surface area contributed by atoms with Crippen LogP contribution in [0.5, 0.6) is 0 Å². The van der Waals surface area contributed by atoms with Gasteiger partial charge in [0.05, 0.1) is 10.0 Å². The lowest BCUT2D eigenvalue weighted by atomic mass is 10.1. The number of primary amides is 1. The molecule has 0 heterocycles. The van der Waals surface area contributed by atoms with Crippen LogP contribution in [-0.4, -0.2) is 5.91 Å². The van der Waals surface area contributed by atoms with E-state index in [1.165, 1.54) is 0 Å². The van der Waals surface area contributed by atoms with Gasteiger partial charge in [-0.15, -0.1) is 11.8 Å². The minimum atomic E-state index is -0.423. The van der Waals surface area contributed by atoms with Crippen molar-refractivity contribution < 1.29 is 4.79 Å². The fraction of sp³-hybridized carbons (Fsp3) is 0.0714. The molecule has 0 saturated heterocycles. The smallest absolute Gasteiger partial charge is 0.248 e. The molecule has 0 atom stereocenters. The molecule has 5 heteroatoms. The zero-order valence-electron chi connectivity index (χ0n) is 9.90. The topological polar surface area (TPSA) is 43.1 Å². The Morgan fingerprint density at radius 1 is 1.05 bits per heavy atom. The first-order valence-corrected chi connectivity index (χ1v) is 7.27. The molecule has 0 bridgehead atoms. The molecular weight excluding hydrogens is 301 g/mol. The first-order valence-electron chi connectivity index (χ1n) is 5.53. The average molecular weight is 312 g/mol. The molecule has 0 aromatic heterocycles. The lowest BCUT2D eigenvalue weighted by Gasteiger charge is -2.06. The van der Waals surface area contributed by atoms with E-state index < -0.39 is 5.91 Å². The number of rotatable bonds is 4. The van der Waals surface area contributed by atoms with Crippen LogP contribution in [0, 0.1) is 0 Å². The van der Waals surface area contributed by atoms with Crippen LogP contribution in [0.1, 0.15) is 15.9 Å². The molecule has 98 valence electrons. The van der Waals surface area contributed by atoms with Crippen LogP contribution in [0.3, 0.4) is 0 Å². The summed E-state index contributed by atoms with van der Waals surface area (Å²) in [4.78, 5) is 11.8. The maximum Gasteiger partial charge on any atom is 0.248 e. The van der Waals surface area contributed by atoms with Crippen LogP contribution in [-0.2, 0) is 5.75 Å². The summed E-state index contributed by atoms with van der Waals surface area (Å²) in [6.07, 6.45) is 0. The van der Waals surface area contributed by atoms with E-state index in [9.17, 15) is 4.79 Å². The van der Waals surface area contributed by atoms with Crippen molar-refractivity contribution in [1.82, 2.24) is 0 Å². The van der Waals surface area contributed by atoms with Crippen LogP contribution in [0.15, 0.2) is 47.4 Å². The van der Waals surface area contributed by atoms with Crippen molar-refractivity contribution in [2.75, 3.05) is 0 Å². The standard InChI is InChI=1S/C14H11Cl2NOS/c15-11-2-1-3-12(16)13(11)19-8-9-4-6-10(7-5-9)14(17)18/h1-7H,8H2,(H2,17,18). The highest BCUT2D eigenvalue weighted by Crippen LogP contribution is 2.35. The molecule has 2 aromatic rings. The van der Waals surface area contributed by atoms with Gasteiger partial charge in [-0.3, -0.25) is 4.79 Å². The maximum absolute atomic E-state index is 11.0. The summed E-state index contributed by atoms with van der Waals surface area (Å²) in [5.41, 5.74) is 6.77. The van der Waals surface area contributed by atoms with Gasteiger partial charge in [0.15, 0.2) is 0 Å². The Bertz CT molecular complexity index is 579. The SMILES string of the molecule is NC(=O)c1ccc(CSc2c(Cl)cccc2Cl)cc1. The van der Waals surface area contributed by atoms with Gasteiger partial charge in [-0.25, -0.2) is 0 Å². The van der Waals surface area contributed by atoms with Crippen molar-refractivity contribution in [2.24, 2.45) is 5.73 Å². The summed E-state index contributed by atoms with van der Waals surface area (Å²) in [6.45, 7) is 0. The molecule has 2 N–H and O–H groups in total. The Morgan fingerprint density at radius 3 is 2.16 bits per heavy atom. The molecular formula is C14H11Cl2NOS. The van der Waals surface area contributed by atoms with Crippen molar-refractivity contribution in [3.05, 3.63) is 63.6 Å². The Morgan fingerprint density at radius 2 is 1.63 bits per heavy atom. The second kappa shape index (κ2) is 6.33. The van der Waals surface area contributed by atoms with Crippen molar-refractivity contribution in [3.8, 4) is 0 Å². The number of amides is 1. The predicted molar refractivity (Wildman–Crippen MR) is 81.0 cm³/mol. The molecule has 0 fully saturated rings. The van der Waals surface area contributed by atoms with Crippen LogP contribution in [0.25, 0.3) is 0 Å². The third-order valence-electron chi connectivity index (χ3n) is 2.54. The molecule has 2 rings (SSSR count). The van der Waals surface area contributed by atoms with E-state index in [1.807, 2.05) is 30.3 Å². The molecule has 0 radical (unpaired) electrons. The largest absolute Gasteiger partial charge is 0.366 e. The van der Waals surface area contributed by atoms with E-state index in [-0.39, 0.29) is 0 Å². The number of thioether (sulfide) groups is 1. The summed E-state index contributed by atoms with van der Waals surface area (Å²) in [6, 6.07) is 12.6. The van der Waals surface area contributed by atoms with Crippen LogP contribution in [0.4, 0.5) is 0 Å². The number of nitrogens with two attached hydrogens (primary N) is 1. The minimum absolute atomic E-state index is 0.423. The highest BCUT2D eigenvalue weighted by Gasteiger charge is 2.06. The van der Waals surface area contributed by atoms with E-state index >= 15 is 0 Å². The van der Waals surface area contributed by atoms with Gasteiger partial charge in [-0.2, -0.15) is 0 Å². The van der Waals surface area contributed by atoms with Gasteiger partial charge in [0.1, 0.15) is 0 Å². The molecule has 19 heavy (non-hydrogen) atoms. The fourth-order valence-electron chi connectivity index (χ4n) is 1.54. The Kier molecular flexibility index (Phi) is 4.75. The molecule has 0 unspecified atom stereocenters. The first-order chi connectivity index (χ1) is 9.08. The highest BCUT2D eigenvalue weighted by atomic mass is 35.5. The Hall–Kier alpha value is -1.16. The van der Waals surface area contributed by atoms with Gasteiger partial charge in [0, 0.05) is 16.2 Å². The number of halogens is 2. The molecule has 2 aromatic carbocycles. The van der Waals surface area contributed by atoms with Crippen molar-refractivity contribution >= 4 is 40.9 Å². The van der Waals surface area contributed by atoms with Crippen molar-refractivity contribution in [1.29, 1.82) is 0 Å². The lowest BCUT2D eigenvalue weighted by Crippen LogP contribution is -2.10. The third-order valence-corrected chi connectivity index (χ3v) is 4.60. The van der Waals surface area contributed by atoms with E-state index in [1.54, 1.807) is 23.9 Å². The number of carbonyl (C=O) groups is 1. The second-order valence-corrected chi connectivity index (χ2v) is 5.70. The lowest BCUT2D eigenvalue weighted by molar-refractivity contribution is 0.100. The summed E-state index contributed by atoms with van der Waals surface area (Å²) in [5.74, 6) is 0.302. The monoisotopic (exact) mass is 311 g/mol. The van der Waals surface area contributed by atoms with E-state index in [2.05, 4.69) is 0 Å². The van der Waals surface area contributed by atoms with E-state index in [4.69, 9.17) is 28.9 Å². The van der Waals surface area contributed by atoms with Gasteiger partial charge in [-0.1, -0.05) is 41.4 Å². The maximum atomic E-state index is 11.0. The number of carbonyl (C=O) groups excluding carboxylic acids is 1. The second-order valence-electron chi connectivity index (χ2n) is 3.90. The zero-order chi connectivity index (χ0) is 13.8.